The van der Waals surface area contributed by atoms with Crippen LogP contribution in [0.4, 0.5) is 11.8 Å². The second-order valence-electron chi connectivity index (χ2n) is 8.02. The maximum atomic E-state index is 11.7. The van der Waals surface area contributed by atoms with Crippen molar-refractivity contribution in [2.24, 2.45) is 0 Å². The van der Waals surface area contributed by atoms with Crippen molar-refractivity contribution in [3.8, 4) is 11.3 Å². The smallest absolute Gasteiger partial charge is 0.228 e. The zero-order chi connectivity index (χ0) is 20.2. The zero-order valence-corrected chi connectivity index (χ0v) is 17.5. The summed E-state index contributed by atoms with van der Waals surface area (Å²) >= 11 is 0. The largest absolute Gasteiger partial charge is 0.353 e. The summed E-state index contributed by atoms with van der Waals surface area (Å²) in [5.74, 6) is 1.96. The number of carbonyl (C=O) groups excluding carboxylic acids is 1. The Kier molecular flexibility index (Phi) is 5.97. The predicted octanol–water partition coefficient (Wildman–Crippen LogP) is 3.58. The Bertz CT molecular complexity index is 832. The van der Waals surface area contributed by atoms with E-state index >= 15 is 0 Å². The van der Waals surface area contributed by atoms with E-state index in [0.717, 1.165) is 62.2 Å². The Balaban J connectivity index is 1.68. The van der Waals surface area contributed by atoms with Gasteiger partial charge in [-0.1, -0.05) is 37.3 Å². The highest BCUT2D eigenvalue weighted by Gasteiger charge is 2.26. The molecule has 0 N–H and O–H groups in total. The minimum absolute atomic E-state index is 0.142. The lowest BCUT2D eigenvalue weighted by atomic mass is 10.00. The van der Waals surface area contributed by atoms with Gasteiger partial charge in [0.15, 0.2) is 0 Å². The molecule has 1 aromatic carbocycles. The summed E-state index contributed by atoms with van der Waals surface area (Å²) in [5.41, 5.74) is 2.09. The second kappa shape index (κ2) is 8.80. The van der Waals surface area contributed by atoms with Crippen LogP contribution >= 0.6 is 0 Å². The fourth-order valence-corrected chi connectivity index (χ4v) is 4.42. The highest BCUT2D eigenvalue weighted by Crippen LogP contribution is 2.30. The molecule has 0 spiro atoms. The molecule has 2 aromatic rings. The molecule has 0 aliphatic carbocycles. The molecule has 29 heavy (non-hydrogen) atoms. The van der Waals surface area contributed by atoms with E-state index in [0.29, 0.717) is 6.04 Å². The van der Waals surface area contributed by atoms with Crippen LogP contribution in [0.15, 0.2) is 36.4 Å². The van der Waals surface area contributed by atoms with Gasteiger partial charge in [-0.2, -0.15) is 4.98 Å². The summed E-state index contributed by atoms with van der Waals surface area (Å²) in [7, 11) is 0. The van der Waals surface area contributed by atoms with Gasteiger partial charge in [0.2, 0.25) is 11.9 Å². The molecule has 2 aliphatic heterocycles. The van der Waals surface area contributed by atoms with Crippen molar-refractivity contribution in [1.29, 1.82) is 0 Å². The minimum Gasteiger partial charge on any atom is -0.353 e. The van der Waals surface area contributed by atoms with Crippen molar-refractivity contribution in [3.63, 3.8) is 0 Å². The van der Waals surface area contributed by atoms with Crippen LogP contribution in [0.1, 0.15) is 39.5 Å². The summed E-state index contributed by atoms with van der Waals surface area (Å²) in [5, 5.41) is 0. The molecule has 2 saturated heterocycles. The quantitative estimate of drug-likeness (QED) is 0.795. The Hall–Kier alpha value is -2.63. The Morgan fingerprint density at radius 1 is 1.03 bits per heavy atom. The predicted molar refractivity (Wildman–Crippen MR) is 117 cm³/mol. The minimum atomic E-state index is 0.142. The third-order valence-electron chi connectivity index (χ3n) is 6.17. The van der Waals surface area contributed by atoms with Crippen LogP contribution in [0, 0.1) is 0 Å². The molecule has 1 unspecified atom stereocenters. The van der Waals surface area contributed by atoms with E-state index in [4.69, 9.17) is 9.97 Å². The highest BCUT2D eigenvalue weighted by atomic mass is 16.2. The molecule has 3 heterocycles. The Labute approximate surface area is 173 Å². The normalized spacial score (nSPS) is 20.1. The topological polar surface area (TPSA) is 52.6 Å². The van der Waals surface area contributed by atoms with E-state index in [2.05, 4.69) is 47.1 Å². The summed E-state index contributed by atoms with van der Waals surface area (Å²) < 4.78 is 0. The molecule has 1 amide bonds. The fourth-order valence-electron chi connectivity index (χ4n) is 4.42. The molecule has 1 atom stereocenters. The van der Waals surface area contributed by atoms with Crippen LogP contribution in [-0.4, -0.2) is 59.5 Å². The number of piperazine rings is 1. The van der Waals surface area contributed by atoms with E-state index in [1.165, 1.54) is 19.3 Å². The molecule has 6 heteroatoms. The first-order valence-corrected chi connectivity index (χ1v) is 10.9. The van der Waals surface area contributed by atoms with Gasteiger partial charge in [-0.25, -0.2) is 4.98 Å². The molecule has 0 radical (unpaired) electrons. The molecular formula is C23H31N5O. The van der Waals surface area contributed by atoms with Gasteiger partial charge in [0, 0.05) is 57.3 Å². The van der Waals surface area contributed by atoms with Gasteiger partial charge in [0.1, 0.15) is 5.82 Å². The lowest BCUT2D eigenvalue weighted by Gasteiger charge is -2.38. The van der Waals surface area contributed by atoms with Gasteiger partial charge >= 0.3 is 0 Å². The molecule has 0 saturated carbocycles. The number of benzene rings is 1. The molecule has 4 rings (SSSR count). The first kappa shape index (κ1) is 19.7. The van der Waals surface area contributed by atoms with Crippen LogP contribution in [0.5, 0.6) is 0 Å². The lowest BCUT2D eigenvalue weighted by Crippen LogP contribution is -2.48. The molecule has 1 aromatic heterocycles. The van der Waals surface area contributed by atoms with Crippen molar-refractivity contribution in [2.45, 2.75) is 45.6 Å². The van der Waals surface area contributed by atoms with Crippen LogP contribution < -0.4 is 9.80 Å². The van der Waals surface area contributed by atoms with E-state index in [9.17, 15) is 4.79 Å². The molecule has 0 bridgehead atoms. The summed E-state index contributed by atoms with van der Waals surface area (Å²) in [6.07, 6.45) is 4.88. The molecular weight excluding hydrogens is 362 g/mol. The van der Waals surface area contributed by atoms with Gasteiger partial charge in [0.05, 0.1) is 5.69 Å². The number of carbonyl (C=O) groups is 1. The van der Waals surface area contributed by atoms with Crippen LogP contribution in [0.3, 0.4) is 0 Å². The van der Waals surface area contributed by atoms with Gasteiger partial charge < -0.3 is 14.7 Å². The number of hydrogen-bond donors (Lipinski definition) is 0. The third kappa shape index (κ3) is 4.36. The van der Waals surface area contributed by atoms with Crippen LogP contribution in [-0.2, 0) is 4.79 Å². The van der Waals surface area contributed by atoms with Crippen LogP contribution in [0.2, 0.25) is 0 Å². The number of nitrogens with zero attached hydrogens (tertiary/aromatic N) is 5. The van der Waals surface area contributed by atoms with Crippen molar-refractivity contribution in [2.75, 3.05) is 42.5 Å². The number of amides is 1. The summed E-state index contributed by atoms with van der Waals surface area (Å²) in [6, 6.07) is 13.1. The van der Waals surface area contributed by atoms with Gasteiger partial charge in [-0.05, 0) is 25.7 Å². The SMILES string of the molecule is CCC1CCCCN1c1cc(-c2ccccc2)nc(N2CCN(C(C)=O)CC2)n1. The van der Waals surface area contributed by atoms with Crippen molar-refractivity contribution >= 4 is 17.7 Å². The van der Waals surface area contributed by atoms with E-state index in [1.54, 1.807) is 6.92 Å². The van der Waals surface area contributed by atoms with Gasteiger partial charge in [0.25, 0.3) is 0 Å². The number of rotatable bonds is 4. The maximum Gasteiger partial charge on any atom is 0.228 e. The van der Waals surface area contributed by atoms with Gasteiger partial charge in [-0.15, -0.1) is 0 Å². The zero-order valence-electron chi connectivity index (χ0n) is 17.5. The van der Waals surface area contributed by atoms with Crippen molar-refractivity contribution < 1.29 is 4.79 Å². The molecule has 2 fully saturated rings. The Morgan fingerprint density at radius 2 is 1.79 bits per heavy atom. The lowest BCUT2D eigenvalue weighted by molar-refractivity contribution is -0.129. The van der Waals surface area contributed by atoms with Gasteiger partial charge in [-0.3, -0.25) is 4.79 Å². The second-order valence-corrected chi connectivity index (χ2v) is 8.02. The van der Waals surface area contributed by atoms with Crippen molar-refractivity contribution in [1.82, 2.24) is 14.9 Å². The first-order chi connectivity index (χ1) is 14.2. The average Bonchev–Trinajstić information content (AvgIpc) is 2.79. The standard InChI is InChI=1S/C23H31N5O/c1-3-20-11-7-8-12-28(20)22-17-21(19-9-5-4-6-10-19)24-23(25-22)27-15-13-26(14-16-27)18(2)29/h4-6,9-10,17,20H,3,7-8,11-16H2,1-2H3. The van der Waals surface area contributed by atoms with Crippen molar-refractivity contribution in [3.05, 3.63) is 36.4 Å². The fraction of sp³-hybridized carbons (Fsp3) is 0.522. The first-order valence-electron chi connectivity index (χ1n) is 10.9. The number of aromatic nitrogens is 2. The molecule has 154 valence electrons. The number of hydrogen-bond acceptors (Lipinski definition) is 5. The third-order valence-corrected chi connectivity index (χ3v) is 6.17. The van der Waals surface area contributed by atoms with E-state index < -0.39 is 0 Å². The molecule has 2 aliphatic rings. The van der Waals surface area contributed by atoms with E-state index in [-0.39, 0.29) is 5.91 Å². The monoisotopic (exact) mass is 393 g/mol. The Morgan fingerprint density at radius 3 is 2.48 bits per heavy atom. The molecule has 6 nitrogen and oxygen atoms in total. The maximum absolute atomic E-state index is 11.7. The van der Waals surface area contributed by atoms with Crippen LogP contribution in [0.25, 0.3) is 11.3 Å². The summed E-state index contributed by atoms with van der Waals surface area (Å²) in [4.78, 5) is 28.2. The number of piperidine rings is 1. The highest BCUT2D eigenvalue weighted by molar-refractivity contribution is 5.73. The number of anilines is 2. The van der Waals surface area contributed by atoms with E-state index in [1.807, 2.05) is 11.0 Å². The summed E-state index contributed by atoms with van der Waals surface area (Å²) in [6.45, 7) is 7.96. The average molecular weight is 394 g/mol.